The number of hydrogen-bond acceptors (Lipinski definition) is 4. The third kappa shape index (κ3) is 2.57. The molecule has 144 valence electrons. The van der Waals surface area contributed by atoms with Crippen LogP contribution in [0.4, 0.5) is 5.69 Å². The SMILES string of the molecule is COc1ccc(-c2[nH]c3[nH]c(=O)[nH]c(=O)c3c2[C@@H]2C(=O)Nc3ccccc32)cc1. The van der Waals surface area contributed by atoms with Crippen molar-refractivity contribution in [3.8, 4) is 17.0 Å². The number of aromatic nitrogens is 3. The largest absolute Gasteiger partial charge is 0.497 e. The third-order valence-electron chi connectivity index (χ3n) is 5.19. The fraction of sp³-hybridized carbons (Fsp3) is 0.0952. The number of aromatic amines is 3. The predicted octanol–water partition coefficient (Wildman–Crippen LogP) is 2.30. The normalized spacial score (nSPS) is 15.3. The van der Waals surface area contributed by atoms with Gasteiger partial charge in [-0.25, -0.2) is 4.79 Å². The van der Waals surface area contributed by atoms with Gasteiger partial charge in [0, 0.05) is 11.3 Å². The molecule has 0 saturated heterocycles. The zero-order valence-corrected chi connectivity index (χ0v) is 15.3. The summed E-state index contributed by atoms with van der Waals surface area (Å²) in [5.41, 5.74) is 2.46. The summed E-state index contributed by atoms with van der Waals surface area (Å²) in [5.74, 6) is -0.238. The van der Waals surface area contributed by atoms with E-state index in [4.69, 9.17) is 4.74 Å². The van der Waals surface area contributed by atoms with Gasteiger partial charge in [-0.15, -0.1) is 0 Å². The summed E-state index contributed by atoms with van der Waals surface area (Å²) in [5, 5.41) is 3.13. The van der Waals surface area contributed by atoms with Crippen molar-refractivity contribution < 1.29 is 9.53 Å². The van der Waals surface area contributed by atoms with Crippen LogP contribution in [-0.2, 0) is 4.79 Å². The Bertz CT molecular complexity index is 1380. The number of H-pyrrole nitrogens is 3. The lowest BCUT2D eigenvalue weighted by molar-refractivity contribution is -0.116. The van der Waals surface area contributed by atoms with Crippen LogP contribution in [0, 0.1) is 0 Å². The van der Waals surface area contributed by atoms with Gasteiger partial charge >= 0.3 is 5.69 Å². The van der Waals surface area contributed by atoms with Crippen molar-refractivity contribution in [2.45, 2.75) is 5.92 Å². The summed E-state index contributed by atoms with van der Waals surface area (Å²) in [6, 6.07) is 14.6. The van der Waals surface area contributed by atoms with Gasteiger partial charge in [0.15, 0.2) is 0 Å². The first-order chi connectivity index (χ1) is 14.1. The lowest BCUT2D eigenvalue weighted by atomic mass is 9.89. The maximum Gasteiger partial charge on any atom is 0.327 e. The molecule has 0 aliphatic carbocycles. The number of methoxy groups -OCH3 is 1. The van der Waals surface area contributed by atoms with Crippen molar-refractivity contribution >= 4 is 22.6 Å². The van der Waals surface area contributed by atoms with Crippen LogP contribution >= 0.6 is 0 Å². The molecule has 2 aromatic heterocycles. The van der Waals surface area contributed by atoms with Gasteiger partial charge in [0.05, 0.1) is 24.1 Å². The lowest BCUT2D eigenvalue weighted by Gasteiger charge is -2.12. The number of amides is 1. The molecular weight excluding hydrogens is 372 g/mol. The van der Waals surface area contributed by atoms with Crippen LogP contribution in [0.3, 0.4) is 0 Å². The second-order valence-electron chi connectivity index (χ2n) is 6.81. The van der Waals surface area contributed by atoms with E-state index in [1.54, 1.807) is 19.2 Å². The summed E-state index contributed by atoms with van der Waals surface area (Å²) in [4.78, 5) is 45.4. The number of rotatable bonds is 3. The maximum absolute atomic E-state index is 12.9. The van der Waals surface area contributed by atoms with Crippen LogP contribution in [-0.4, -0.2) is 28.0 Å². The van der Waals surface area contributed by atoms with Crippen LogP contribution in [0.2, 0.25) is 0 Å². The molecule has 1 atom stereocenters. The first-order valence-corrected chi connectivity index (χ1v) is 8.99. The third-order valence-corrected chi connectivity index (χ3v) is 5.19. The van der Waals surface area contributed by atoms with Crippen LogP contribution in [0.1, 0.15) is 17.0 Å². The Balaban J connectivity index is 1.85. The molecule has 1 aliphatic rings. The molecule has 1 aliphatic heterocycles. The molecular formula is C21H16N4O4. The number of carbonyl (C=O) groups excluding carboxylic acids is 1. The summed E-state index contributed by atoms with van der Waals surface area (Å²) in [7, 11) is 1.58. The summed E-state index contributed by atoms with van der Waals surface area (Å²) in [6.45, 7) is 0. The zero-order valence-electron chi connectivity index (χ0n) is 15.3. The number of fused-ring (bicyclic) bond motifs is 2. The first-order valence-electron chi connectivity index (χ1n) is 8.99. The molecule has 2 aromatic carbocycles. The fourth-order valence-corrected chi connectivity index (χ4v) is 3.92. The Labute approximate surface area is 163 Å². The summed E-state index contributed by atoms with van der Waals surface area (Å²) >= 11 is 0. The molecule has 0 spiro atoms. The minimum Gasteiger partial charge on any atom is -0.497 e. The molecule has 0 unspecified atom stereocenters. The van der Waals surface area contributed by atoms with E-state index in [-0.39, 0.29) is 16.9 Å². The number of benzene rings is 2. The Kier molecular flexibility index (Phi) is 3.67. The molecule has 0 saturated carbocycles. The van der Waals surface area contributed by atoms with Crippen molar-refractivity contribution in [3.63, 3.8) is 0 Å². The standard InChI is InChI=1S/C21H16N4O4/c1-29-11-8-6-10(7-9-11)17-15(16-18(23-17)24-21(28)25-20(16)27)14-12-4-2-3-5-13(12)22-19(14)26/h2-9,14H,1H3,(H,22,26)(H3,23,24,25,27,28)/t14-/m1/s1. The average molecular weight is 388 g/mol. The monoisotopic (exact) mass is 388 g/mol. The molecule has 8 heteroatoms. The summed E-state index contributed by atoms with van der Waals surface area (Å²) in [6.07, 6.45) is 0. The number of hydrogen-bond donors (Lipinski definition) is 4. The Morgan fingerprint density at radius 1 is 0.897 bits per heavy atom. The number of anilines is 1. The van der Waals surface area contributed by atoms with E-state index in [2.05, 4.69) is 20.3 Å². The van der Waals surface area contributed by atoms with E-state index < -0.39 is 17.2 Å². The number of ether oxygens (including phenoxy) is 1. The Hall–Kier alpha value is -4.07. The molecule has 4 N–H and O–H groups in total. The van der Waals surface area contributed by atoms with Gasteiger partial charge in [0.25, 0.3) is 5.56 Å². The van der Waals surface area contributed by atoms with Gasteiger partial charge < -0.3 is 15.0 Å². The fourth-order valence-electron chi connectivity index (χ4n) is 3.92. The van der Waals surface area contributed by atoms with Crippen LogP contribution < -0.4 is 21.3 Å². The minimum absolute atomic E-state index is 0.229. The highest BCUT2D eigenvalue weighted by molar-refractivity contribution is 6.08. The molecule has 3 heterocycles. The van der Waals surface area contributed by atoms with Crippen molar-refractivity contribution in [1.29, 1.82) is 0 Å². The smallest absolute Gasteiger partial charge is 0.327 e. The van der Waals surface area contributed by atoms with E-state index in [1.807, 2.05) is 36.4 Å². The summed E-state index contributed by atoms with van der Waals surface area (Å²) < 4.78 is 5.22. The van der Waals surface area contributed by atoms with Gasteiger partial charge in [-0.3, -0.25) is 19.6 Å². The van der Waals surface area contributed by atoms with Gasteiger partial charge in [-0.05, 0) is 41.5 Å². The molecule has 29 heavy (non-hydrogen) atoms. The van der Waals surface area contributed by atoms with Crippen LogP contribution in [0.5, 0.6) is 5.75 Å². The second-order valence-corrected chi connectivity index (χ2v) is 6.81. The molecule has 1 amide bonds. The average Bonchev–Trinajstić information content (AvgIpc) is 3.24. The van der Waals surface area contributed by atoms with E-state index in [1.165, 1.54) is 0 Å². The minimum atomic E-state index is -0.691. The first kappa shape index (κ1) is 17.1. The Morgan fingerprint density at radius 2 is 1.66 bits per heavy atom. The van der Waals surface area contributed by atoms with Gasteiger partial charge in [0.1, 0.15) is 11.4 Å². The molecule has 0 fully saturated rings. The molecule has 8 nitrogen and oxygen atoms in total. The number of nitrogens with one attached hydrogen (secondary N) is 4. The van der Waals surface area contributed by atoms with Gasteiger partial charge in [-0.1, -0.05) is 18.2 Å². The zero-order chi connectivity index (χ0) is 20.1. The highest BCUT2D eigenvalue weighted by Gasteiger charge is 2.36. The molecule has 0 radical (unpaired) electrons. The van der Waals surface area contributed by atoms with Crippen molar-refractivity contribution in [1.82, 2.24) is 15.0 Å². The van der Waals surface area contributed by atoms with Gasteiger partial charge in [0.2, 0.25) is 5.91 Å². The topological polar surface area (TPSA) is 120 Å². The van der Waals surface area contributed by atoms with Crippen molar-refractivity contribution in [2.75, 3.05) is 12.4 Å². The molecule has 4 aromatic rings. The van der Waals surface area contributed by atoms with E-state index in [0.29, 0.717) is 22.7 Å². The van der Waals surface area contributed by atoms with Crippen LogP contribution in [0.25, 0.3) is 22.3 Å². The molecule has 0 bridgehead atoms. The van der Waals surface area contributed by atoms with Gasteiger partial charge in [-0.2, -0.15) is 0 Å². The Morgan fingerprint density at radius 3 is 2.41 bits per heavy atom. The van der Waals surface area contributed by atoms with Crippen molar-refractivity contribution in [3.05, 3.63) is 80.5 Å². The number of carbonyl (C=O) groups is 1. The van der Waals surface area contributed by atoms with E-state index >= 15 is 0 Å². The van der Waals surface area contributed by atoms with E-state index in [9.17, 15) is 14.4 Å². The van der Waals surface area contributed by atoms with Crippen LogP contribution in [0.15, 0.2) is 58.1 Å². The lowest BCUT2D eigenvalue weighted by Crippen LogP contribution is -2.23. The highest BCUT2D eigenvalue weighted by atomic mass is 16.5. The molecule has 5 rings (SSSR count). The second kappa shape index (κ2) is 6.23. The highest BCUT2D eigenvalue weighted by Crippen LogP contribution is 2.43. The number of para-hydroxylation sites is 1. The maximum atomic E-state index is 12.9. The van der Waals surface area contributed by atoms with E-state index in [0.717, 1.165) is 11.1 Å². The van der Waals surface area contributed by atoms with Crippen molar-refractivity contribution in [2.24, 2.45) is 0 Å². The quantitative estimate of drug-likeness (QED) is 0.430. The predicted molar refractivity (Wildman–Crippen MR) is 108 cm³/mol.